The zero-order valence-electron chi connectivity index (χ0n) is 15.6. The van der Waals surface area contributed by atoms with Crippen molar-refractivity contribution in [1.82, 2.24) is 20.1 Å². The van der Waals surface area contributed by atoms with Crippen molar-refractivity contribution >= 4 is 17.4 Å². The predicted molar refractivity (Wildman–Crippen MR) is 105 cm³/mol. The lowest BCUT2D eigenvalue weighted by molar-refractivity contribution is 0.193. The van der Waals surface area contributed by atoms with Crippen molar-refractivity contribution in [3.05, 3.63) is 40.5 Å². The highest BCUT2D eigenvalue weighted by atomic mass is 32.1. The summed E-state index contributed by atoms with van der Waals surface area (Å²) in [6, 6.07) is 3.96. The summed E-state index contributed by atoms with van der Waals surface area (Å²) in [6.07, 6.45) is 6.01. The van der Waals surface area contributed by atoms with Gasteiger partial charge in [0.15, 0.2) is 0 Å². The number of nitrogens with zero attached hydrogens (tertiary/aromatic N) is 2. The zero-order chi connectivity index (χ0) is 18.4. The second-order valence-corrected chi connectivity index (χ2v) is 7.54. The van der Waals surface area contributed by atoms with E-state index >= 15 is 0 Å². The van der Waals surface area contributed by atoms with Crippen molar-refractivity contribution in [3.8, 4) is 5.00 Å². The Labute approximate surface area is 159 Å². The number of methoxy groups -OCH3 is 1. The quantitative estimate of drug-likeness (QED) is 0.697. The number of amides is 2. The lowest BCUT2D eigenvalue weighted by Crippen LogP contribution is -2.36. The Morgan fingerprint density at radius 3 is 2.85 bits per heavy atom. The molecule has 2 aromatic rings. The van der Waals surface area contributed by atoms with Crippen LogP contribution in [0.2, 0.25) is 0 Å². The molecule has 0 spiro atoms. The van der Waals surface area contributed by atoms with Gasteiger partial charge in [-0.3, -0.25) is 4.90 Å². The fraction of sp³-hybridized carbons (Fsp3) is 0.526. The maximum absolute atomic E-state index is 12.1. The number of ether oxygens (including phenoxy) is 1. The van der Waals surface area contributed by atoms with Crippen molar-refractivity contribution < 1.29 is 9.53 Å². The summed E-state index contributed by atoms with van der Waals surface area (Å²) in [5.41, 5.74) is 2.67. The van der Waals surface area contributed by atoms with Crippen LogP contribution in [0, 0.1) is 0 Å². The molecule has 0 aliphatic carbocycles. The summed E-state index contributed by atoms with van der Waals surface area (Å²) in [6.45, 7) is 7.22. The largest absolute Gasteiger partial charge is 0.385 e. The van der Waals surface area contributed by atoms with E-state index in [0.717, 1.165) is 32.5 Å². The van der Waals surface area contributed by atoms with Gasteiger partial charge in [-0.15, -0.1) is 11.3 Å². The molecule has 1 aliphatic heterocycles. The monoisotopic (exact) mass is 376 g/mol. The molecule has 2 amide bonds. The van der Waals surface area contributed by atoms with Crippen LogP contribution in [0.3, 0.4) is 0 Å². The molecule has 0 aromatic carbocycles. The van der Waals surface area contributed by atoms with Crippen LogP contribution in [0.4, 0.5) is 4.79 Å². The molecule has 26 heavy (non-hydrogen) atoms. The number of carbonyl (C=O) groups is 1. The first kappa shape index (κ1) is 18.9. The highest BCUT2D eigenvalue weighted by Gasteiger charge is 2.24. The normalized spacial score (nSPS) is 14.2. The molecule has 2 aromatic heterocycles. The van der Waals surface area contributed by atoms with Gasteiger partial charge in [0, 0.05) is 62.7 Å². The maximum atomic E-state index is 12.1. The first-order chi connectivity index (χ1) is 12.7. The van der Waals surface area contributed by atoms with Gasteiger partial charge in [0.05, 0.1) is 0 Å². The highest BCUT2D eigenvalue weighted by Crippen LogP contribution is 2.35. The number of urea groups is 1. The van der Waals surface area contributed by atoms with Gasteiger partial charge in [0.25, 0.3) is 0 Å². The number of aromatic nitrogens is 1. The van der Waals surface area contributed by atoms with Gasteiger partial charge in [-0.1, -0.05) is 6.92 Å². The third kappa shape index (κ3) is 4.47. The van der Waals surface area contributed by atoms with E-state index in [-0.39, 0.29) is 6.03 Å². The van der Waals surface area contributed by atoms with E-state index in [2.05, 4.69) is 39.4 Å². The molecule has 0 bridgehead atoms. The van der Waals surface area contributed by atoms with E-state index in [0.29, 0.717) is 19.7 Å². The maximum Gasteiger partial charge on any atom is 0.315 e. The van der Waals surface area contributed by atoms with Crippen LogP contribution < -0.4 is 10.6 Å². The summed E-state index contributed by atoms with van der Waals surface area (Å²) in [7, 11) is 1.67. The van der Waals surface area contributed by atoms with Gasteiger partial charge in [-0.05, 0) is 37.1 Å². The second kappa shape index (κ2) is 9.21. The zero-order valence-corrected chi connectivity index (χ0v) is 16.4. The van der Waals surface area contributed by atoms with Gasteiger partial charge in [-0.2, -0.15) is 0 Å². The number of likely N-dealkylation sites (N-methyl/N-ethyl adjacent to an activating group) is 1. The molecule has 3 rings (SSSR count). The van der Waals surface area contributed by atoms with Crippen LogP contribution in [0.1, 0.15) is 29.3 Å². The van der Waals surface area contributed by atoms with E-state index < -0.39 is 0 Å². The van der Waals surface area contributed by atoms with E-state index in [1.165, 1.54) is 21.0 Å². The Hall–Kier alpha value is -1.83. The van der Waals surface area contributed by atoms with Crippen molar-refractivity contribution in [2.24, 2.45) is 0 Å². The number of hydrogen-bond acceptors (Lipinski definition) is 4. The average Bonchev–Trinajstić information content (AvgIpc) is 3.30. The summed E-state index contributed by atoms with van der Waals surface area (Å²) in [5, 5.41) is 7.14. The molecule has 6 nitrogen and oxygen atoms in total. The van der Waals surface area contributed by atoms with Crippen molar-refractivity contribution in [2.45, 2.75) is 32.9 Å². The molecular weight excluding hydrogens is 348 g/mol. The minimum atomic E-state index is -0.120. The third-order valence-electron chi connectivity index (χ3n) is 4.75. The number of carbonyl (C=O) groups excluding carboxylic acids is 1. The molecular formula is C19H28N4O2S. The summed E-state index contributed by atoms with van der Waals surface area (Å²) in [4.78, 5) is 16.0. The predicted octanol–water partition coefficient (Wildman–Crippen LogP) is 2.75. The number of thiophene rings is 1. The third-order valence-corrected chi connectivity index (χ3v) is 6.02. The van der Waals surface area contributed by atoms with Crippen molar-refractivity contribution in [1.29, 1.82) is 0 Å². The lowest BCUT2D eigenvalue weighted by atomic mass is 10.0. The van der Waals surface area contributed by atoms with E-state index in [1.54, 1.807) is 7.11 Å². The molecule has 0 saturated carbocycles. The number of hydrogen-bond donors (Lipinski definition) is 2. The van der Waals surface area contributed by atoms with Crippen LogP contribution >= 0.6 is 11.3 Å². The molecule has 0 radical (unpaired) electrons. The van der Waals surface area contributed by atoms with Crippen LogP contribution in [-0.4, -0.2) is 48.8 Å². The van der Waals surface area contributed by atoms with E-state index in [4.69, 9.17) is 4.74 Å². The molecule has 7 heteroatoms. The smallest absolute Gasteiger partial charge is 0.315 e. The number of rotatable bonds is 8. The summed E-state index contributed by atoms with van der Waals surface area (Å²) < 4.78 is 7.16. The van der Waals surface area contributed by atoms with Crippen molar-refractivity contribution in [3.63, 3.8) is 0 Å². The Morgan fingerprint density at radius 1 is 1.31 bits per heavy atom. The molecule has 1 aliphatic rings. The second-order valence-electron chi connectivity index (χ2n) is 6.45. The first-order valence-corrected chi connectivity index (χ1v) is 10.0. The average molecular weight is 377 g/mol. The standard InChI is InChI=1S/C19H28N4O2S/c1-3-22-11-7-15-16(13-21-19(24)20-8-6-12-25-2)18(26-17(15)14-22)23-9-4-5-10-23/h4-5,9-10H,3,6-8,11-14H2,1-2H3,(H2,20,21,24). The minimum Gasteiger partial charge on any atom is -0.385 e. The molecule has 2 N–H and O–H groups in total. The molecule has 0 fully saturated rings. The Kier molecular flexibility index (Phi) is 6.71. The van der Waals surface area contributed by atoms with Gasteiger partial charge < -0.3 is 19.9 Å². The van der Waals surface area contributed by atoms with Gasteiger partial charge in [0.2, 0.25) is 0 Å². The molecule has 0 atom stereocenters. The SMILES string of the molecule is CCN1CCc2c(sc(-n3cccc3)c2CNC(=O)NCCCOC)C1. The van der Waals surface area contributed by atoms with Crippen molar-refractivity contribution in [2.75, 3.05) is 33.4 Å². The topological polar surface area (TPSA) is 58.5 Å². The first-order valence-electron chi connectivity index (χ1n) is 9.22. The number of nitrogens with one attached hydrogen (secondary N) is 2. The van der Waals surface area contributed by atoms with Gasteiger partial charge in [-0.25, -0.2) is 4.79 Å². The van der Waals surface area contributed by atoms with Gasteiger partial charge in [0.1, 0.15) is 5.00 Å². The van der Waals surface area contributed by atoms with Crippen LogP contribution in [0.15, 0.2) is 24.5 Å². The fourth-order valence-corrected chi connectivity index (χ4v) is 4.66. The molecule has 0 unspecified atom stereocenters. The molecule has 3 heterocycles. The summed E-state index contributed by atoms with van der Waals surface area (Å²) in [5.74, 6) is 0. The van der Waals surface area contributed by atoms with Crippen LogP contribution in [0.5, 0.6) is 0 Å². The Morgan fingerprint density at radius 2 is 2.12 bits per heavy atom. The Balaban J connectivity index is 1.71. The van der Waals surface area contributed by atoms with E-state index in [1.807, 2.05) is 23.5 Å². The molecule has 142 valence electrons. The van der Waals surface area contributed by atoms with Crippen LogP contribution in [0.25, 0.3) is 5.00 Å². The minimum absolute atomic E-state index is 0.120. The Bertz CT molecular complexity index is 711. The fourth-order valence-electron chi connectivity index (χ4n) is 3.29. The highest BCUT2D eigenvalue weighted by molar-refractivity contribution is 7.14. The van der Waals surface area contributed by atoms with Crippen LogP contribution in [-0.2, 0) is 24.2 Å². The van der Waals surface area contributed by atoms with E-state index in [9.17, 15) is 4.79 Å². The number of fused-ring (bicyclic) bond motifs is 1. The van der Waals surface area contributed by atoms with Gasteiger partial charge >= 0.3 is 6.03 Å². The molecule has 0 saturated heterocycles. The summed E-state index contributed by atoms with van der Waals surface area (Å²) >= 11 is 1.85. The lowest BCUT2D eigenvalue weighted by Gasteiger charge is -2.25.